The monoisotopic (exact) mass is 557 g/mol. The van der Waals surface area contributed by atoms with Gasteiger partial charge in [-0.1, -0.05) is 11.6 Å². The highest BCUT2D eigenvalue weighted by atomic mass is 127. The third-order valence-corrected chi connectivity index (χ3v) is 7.08. The van der Waals surface area contributed by atoms with Crippen LogP contribution in [0.15, 0.2) is 30.3 Å². The van der Waals surface area contributed by atoms with Crippen molar-refractivity contribution in [3.8, 4) is 0 Å². The van der Waals surface area contributed by atoms with Crippen LogP contribution >= 0.6 is 34.2 Å². The van der Waals surface area contributed by atoms with E-state index in [4.69, 9.17) is 16.3 Å². The molecule has 0 saturated carbocycles. The number of benzene rings is 2. The van der Waals surface area contributed by atoms with E-state index in [0.717, 1.165) is 9.64 Å². The third-order valence-electron chi connectivity index (χ3n) is 4.52. The maximum Gasteiger partial charge on any atom is 0.302 e. The molecule has 0 amide bonds. The van der Waals surface area contributed by atoms with Gasteiger partial charge in [-0.25, -0.2) is 8.78 Å². The zero-order chi connectivity index (χ0) is 21.2. The fraction of sp³-hybridized carbons (Fsp3) is 0.333. The van der Waals surface area contributed by atoms with Crippen LogP contribution in [0.4, 0.5) is 25.8 Å². The van der Waals surface area contributed by atoms with E-state index in [1.165, 1.54) is 17.5 Å². The minimum Gasteiger partial charge on any atom is -0.383 e. The van der Waals surface area contributed by atoms with Gasteiger partial charge in [-0.3, -0.25) is 4.72 Å². The smallest absolute Gasteiger partial charge is 0.302 e. The van der Waals surface area contributed by atoms with E-state index in [1.54, 1.807) is 18.2 Å². The van der Waals surface area contributed by atoms with E-state index in [-0.39, 0.29) is 29.0 Å². The van der Waals surface area contributed by atoms with Crippen LogP contribution in [0, 0.1) is 15.2 Å². The zero-order valence-corrected chi connectivity index (χ0v) is 19.1. The minimum absolute atomic E-state index is 0.124. The summed E-state index contributed by atoms with van der Waals surface area (Å²) in [5.74, 6) is -2.33. The van der Waals surface area contributed by atoms with E-state index in [1.807, 2.05) is 0 Å². The topological polar surface area (TPSA) is 70.7 Å². The van der Waals surface area contributed by atoms with Crippen molar-refractivity contribution in [2.45, 2.75) is 18.9 Å². The predicted molar refractivity (Wildman–Crippen MR) is 118 cm³/mol. The summed E-state index contributed by atoms with van der Waals surface area (Å²) in [7, 11) is -2.51. The lowest BCUT2D eigenvalue weighted by molar-refractivity contribution is 0.149. The Morgan fingerprint density at radius 1 is 1.28 bits per heavy atom. The van der Waals surface area contributed by atoms with Gasteiger partial charge in [-0.15, -0.1) is 0 Å². The first-order valence-corrected chi connectivity index (χ1v) is 11.6. The summed E-state index contributed by atoms with van der Waals surface area (Å²) in [5.41, 5.74) is -0.156. The van der Waals surface area contributed by atoms with Gasteiger partial charge in [0.25, 0.3) is 0 Å². The summed E-state index contributed by atoms with van der Waals surface area (Å²) in [6.07, 6.45) is 1.35. The highest BCUT2D eigenvalue weighted by molar-refractivity contribution is 14.1. The SMILES string of the molecule is COC[C@@H]1CCCN1S(=O)(=O)Nc1ccc(F)c(F)c1Nc1ccc(I)cc1Cl. The van der Waals surface area contributed by atoms with Crippen molar-refractivity contribution in [1.82, 2.24) is 4.31 Å². The maximum absolute atomic E-state index is 14.6. The molecule has 0 unspecified atom stereocenters. The maximum atomic E-state index is 14.6. The lowest BCUT2D eigenvalue weighted by Gasteiger charge is -2.25. The van der Waals surface area contributed by atoms with Gasteiger partial charge in [0.05, 0.1) is 23.0 Å². The number of hydrogen-bond donors (Lipinski definition) is 2. The molecule has 1 fully saturated rings. The fourth-order valence-electron chi connectivity index (χ4n) is 3.17. The molecule has 158 valence electrons. The van der Waals surface area contributed by atoms with Gasteiger partial charge >= 0.3 is 10.2 Å². The largest absolute Gasteiger partial charge is 0.383 e. The number of rotatable bonds is 7. The summed E-state index contributed by atoms with van der Waals surface area (Å²) in [6.45, 7) is 0.570. The minimum atomic E-state index is -4.01. The van der Waals surface area contributed by atoms with Crippen LogP contribution in [-0.2, 0) is 14.9 Å². The molecule has 1 saturated heterocycles. The second-order valence-electron chi connectivity index (χ2n) is 6.50. The number of nitrogens with one attached hydrogen (secondary N) is 2. The molecule has 0 radical (unpaired) electrons. The van der Waals surface area contributed by atoms with E-state index in [0.29, 0.717) is 25.1 Å². The highest BCUT2D eigenvalue weighted by Crippen LogP contribution is 2.35. The van der Waals surface area contributed by atoms with Crippen molar-refractivity contribution in [3.63, 3.8) is 0 Å². The fourth-order valence-corrected chi connectivity index (χ4v) is 5.56. The van der Waals surface area contributed by atoms with Gasteiger partial charge in [0.1, 0.15) is 5.69 Å². The molecule has 2 aromatic carbocycles. The molecule has 1 aliphatic heterocycles. The number of nitrogens with zero attached hydrogens (tertiary/aromatic N) is 1. The Morgan fingerprint density at radius 3 is 2.69 bits per heavy atom. The average Bonchev–Trinajstić information content (AvgIpc) is 3.12. The third kappa shape index (κ3) is 5.10. The lowest BCUT2D eigenvalue weighted by Crippen LogP contribution is -2.41. The van der Waals surface area contributed by atoms with Crippen molar-refractivity contribution in [2.24, 2.45) is 0 Å². The molecule has 29 heavy (non-hydrogen) atoms. The van der Waals surface area contributed by atoms with Crippen molar-refractivity contribution in [3.05, 3.63) is 50.6 Å². The van der Waals surface area contributed by atoms with Crippen LogP contribution in [0.25, 0.3) is 0 Å². The number of hydrogen-bond acceptors (Lipinski definition) is 4. The van der Waals surface area contributed by atoms with E-state index in [2.05, 4.69) is 32.6 Å². The number of ether oxygens (including phenoxy) is 1. The summed E-state index contributed by atoms with van der Waals surface area (Å²) in [5, 5.41) is 2.99. The van der Waals surface area contributed by atoms with Gasteiger partial charge in [-0.05, 0) is 65.8 Å². The van der Waals surface area contributed by atoms with Crippen molar-refractivity contribution < 1.29 is 21.9 Å². The second-order valence-corrected chi connectivity index (χ2v) is 9.78. The van der Waals surface area contributed by atoms with Crippen molar-refractivity contribution in [2.75, 3.05) is 30.3 Å². The van der Waals surface area contributed by atoms with Crippen molar-refractivity contribution >= 4 is 61.5 Å². The zero-order valence-electron chi connectivity index (χ0n) is 15.4. The van der Waals surface area contributed by atoms with Gasteiger partial charge in [-0.2, -0.15) is 12.7 Å². The molecule has 0 aliphatic carbocycles. The first kappa shape index (κ1) is 22.5. The predicted octanol–water partition coefficient (Wildman–Crippen LogP) is 4.73. The Hall–Kier alpha value is -1.21. The van der Waals surface area contributed by atoms with Crippen LogP contribution in [-0.4, -0.2) is 39.0 Å². The van der Waals surface area contributed by atoms with Gasteiger partial charge in [0, 0.05) is 23.3 Å². The summed E-state index contributed by atoms with van der Waals surface area (Å²) in [4.78, 5) is 0. The molecule has 0 bridgehead atoms. The molecular weight excluding hydrogens is 539 g/mol. The Morgan fingerprint density at radius 2 is 2.00 bits per heavy atom. The van der Waals surface area contributed by atoms with Gasteiger partial charge in [0.2, 0.25) is 0 Å². The molecule has 0 aromatic heterocycles. The number of anilines is 3. The molecule has 2 N–H and O–H groups in total. The van der Waals surface area contributed by atoms with E-state index >= 15 is 0 Å². The Bertz CT molecular complexity index is 1010. The van der Waals surface area contributed by atoms with Crippen LogP contribution in [0.5, 0.6) is 0 Å². The average molecular weight is 558 g/mol. The normalized spacial score (nSPS) is 17.5. The molecule has 11 heteroatoms. The van der Waals surface area contributed by atoms with E-state index < -0.39 is 21.8 Å². The van der Waals surface area contributed by atoms with Crippen LogP contribution in [0.1, 0.15) is 12.8 Å². The quantitative estimate of drug-likeness (QED) is 0.483. The first-order valence-electron chi connectivity index (χ1n) is 8.71. The number of methoxy groups -OCH3 is 1. The molecule has 1 aliphatic rings. The first-order chi connectivity index (χ1) is 13.7. The Labute approximate surface area is 186 Å². The summed E-state index contributed by atoms with van der Waals surface area (Å²) < 4.78 is 63.8. The molecule has 0 spiro atoms. The highest BCUT2D eigenvalue weighted by Gasteiger charge is 2.35. The molecule has 1 atom stereocenters. The second kappa shape index (κ2) is 9.29. The van der Waals surface area contributed by atoms with Crippen LogP contribution < -0.4 is 10.0 Å². The Kier molecular flexibility index (Phi) is 7.20. The number of halogens is 4. The van der Waals surface area contributed by atoms with Crippen LogP contribution in [0.3, 0.4) is 0 Å². The Balaban J connectivity index is 1.94. The summed E-state index contributed by atoms with van der Waals surface area (Å²) >= 11 is 8.24. The molecule has 6 nitrogen and oxygen atoms in total. The van der Waals surface area contributed by atoms with Gasteiger partial charge in [0.15, 0.2) is 11.6 Å². The van der Waals surface area contributed by atoms with Crippen molar-refractivity contribution in [1.29, 1.82) is 0 Å². The molecular formula is C18H19ClF2IN3O3S. The molecule has 2 aromatic rings. The molecule has 3 rings (SSSR count). The summed E-state index contributed by atoms with van der Waals surface area (Å²) in [6, 6.07) is 6.69. The van der Waals surface area contributed by atoms with Crippen LogP contribution in [0.2, 0.25) is 5.02 Å². The lowest BCUT2D eigenvalue weighted by atomic mass is 10.2. The van der Waals surface area contributed by atoms with Gasteiger partial charge < -0.3 is 10.1 Å². The standard InChI is InChI=1S/C18H19ClF2IN3O3S/c1-28-10-12-3-2-8-25(12)29(26,27)24-16-7-5-14(20)17(21)18(16)23-15-6-4-11(22)9-13(15)19/h4-7,9,12,23-24H,2-3,8,10H2,1H3/t12-/m0/s1. The molecule has 1 heterocycles. The van der Waals surface area contributed by atoms with E-state index in [9.17, 15) is 17.2 Å².